The van der Waals surface area contributed by atoms with Crippen LogP contribution in [-0.2, 0) is 5.54 Å². The van der Waals surface area contributed by atoms with Gasteiger partial charge in [0.2, 0.25) is 0 Å². The molecule has 5 aromatic rings. The molecule has 0 atom stereocenters. The Morgan fingerprint density at radius 2 is 1.70 bits per heavy atom. The van der Waals surface area contributed by atoms with E-state index in [9.17, 15) is 9.90 Å². The third-order valence-electron chi connectivity index (χ3n) is 6.72. The Morgan fingerprint density at radius 3 is 2.36 bits per heavy atom. The number of fused-ring (bicyclic) bond motifs is 3. The highest BCUT2D eigenvalue weighted by Gasteiger charge is 2.34. The van der Waals surface area contributed by atoms with Gasteiger partial charge >= 0.3 is 5.97 Å². The number of carboxylic acids is 1. The fourth-order valence-electron chi connectivity index (χ4n) is 4.69. The van der Waals surface area contributed by atoms with Crippen molar-refractivity contribution in [2.75, 3.05) is 0 Å². The van der Waals surface area contributed by atoms with Gasteiger partial charge < -0.3 is 10.8 Å². The van der Waals surface area contributed by atoms with Crippen LogP contribution in [0.4, 0.5) is 0 Å². The zero-order valence-corrected chi connectivity index (χ0v) is 17.9. The zero-order chi connectivity index (χ0) is 22.6. The van der Waals surface area contributed by atoms with Crippen molar-refractivity contribution < 1.29 is 9.90 Å². The van der Waals surface area contributed by atoms with Gasteiger partial charge in [-0.25, -0.2) is 14.3 Å². The van der Waals surface area contributed by atoms with Gasteiger partial charge in [-0.2, -0.15) is 5.10 Å². The molecular weight excluding hydrogens is 412 g/mol. The highest BCUT2D eigenvalue weighted by atomic mass is 16.4. The predicted octanol–water partition coefficient (Wildman–Crippen LogP) is 5.25. The van der Waals surface area contributed by atoms with Gasteiger partial charge in [-0.05, 0) is 42.5 Å². The molecule has 0 radical (unpaired) electrons. The summed E-state index contributed by atoms with van der Waals surface area (Å²) >= 11 is 0. The minimum absolute atomic E-state index is 0.166. The second-order valence-corrected chi connectivity index (χ2v) is 8.73. The van der Waals surface area contributed by atoms with Gasteiger partial charge in [0.1, 0.15) is 5.52 Å². The highest BCUT2D eigenvalue weighted by molar-refractivity contribution is 6.06. The molecule has 0 bridgehead atoms. The lowest BCUT2D eigenvalue weighted by atomic mass is 9.72. The maximum atomic E-state index is 11.7. The fraction of sp³-hybridized carbons (Fsp3) is 0.148. The third-order valence-corrected chi connectivity index (χ3v) is 6.72. The van der Waals surface area contributed by atoms with E-state index in [-0.39, 0.29) is 11.1 Å². The minimum Gasteiger partial charge on any atom is -0.478 e. The molecule has 6 rings (SSSR count). The van der Waals surface area contributed by atoms with Gasteiger partial charge in [0.25, 0.3) is 0 Å². The Bertz CT molecular complexity index is 1520. The van der Waals surface area contributed by atoms with Gasteiger partial charge in [-0.1, -0.05) is 60.7 Å². The maximum absolute atomic E-state index is 11.7. The smallest absolute Gasteiger partial charge is 0.337 e. The van der Waals surface area contributed by atoms with Gasteiger partial charge in [0.05, 0.1) is 11.3 Å². The van der Waals surface area contributed by atoms with E-state index in [1.165, 1.54) is 6.42 Å². The largest absolute Gasteiger partial charge is 0.478 e. The van der Waals surface area contributed by atoms with E-state index >= 15 is 0 Å². The average Bonchev–Trinajstić information content (AvgIpc) is 3.20. The van der Waals surface area contributed by atoms with Gasteiger partial charge in [0.15, 0.2) is 5.65 Å². The SMILES string of the molecule is NC1(c2ccc(-c3nc4c5cccc(C(=O)O)c5nn4cc3-c3ccccc3)cc2)CCC1. The van der Waals surface area contributed by atoms with Gasteiger partial charge in [-0.3, -0.25) is 0 Å². The number of nitrogens with zero attached hydrogens (tertiary/aromatic N) is 3. The normalized spacial score (nSPS) is 14.9. The summed E-state index contributed by atoms with van der Waals surface area (Å²) in [6.45, 7) is 0. The molecule has 3 N–H and O–H groups in total. The van der Waals surface area contributed by atoms with Crippen LogP contribution in [0, 0.1) is 0 Å². The number of hydrogen-bond acceptors (Lipinski definition) is 4. The lowest BCUT2D eigenvalue weighted by Gasteiger charge is -2.38. The second-order valence-electron chi connectivity index (χ2n) is 8.73. The first-order valence-electron chi connectivity index (χ1n) is 11.0. The lowest BCUT2D eigenvalue weighted by Crippen LogP contribution is -2.43. The Kier molecular flexibility index (Phi) is 4.32. The molecule has 0 amide bonds. The average molecular weight is 434 g/mol. The van der Waals surface area contributed by atoms with Crippen molar-refractivity contribution in [3.8, 4) is 22.4 Å². The van der Waals surface area contributed by atoms with Crippen molar-refractivity contribution in [3.63, 3.8) is 0 Å². The van der Waals surface area contributed by atoms with Crippen LogP contribution in [0.3, 0.4) is 0 Å². The molecule has 1 fully saturated rings. The third kappa shape index (κ3) is 3.10. The molecule has 1 saturated carbocycles. The quantitative estimate of drug-likeness (QED) is 0.403. The van der Waals surface area contributed by atoms with Crippen molar-refractivity contribution in [1.82, 2.24) is 14.6 Å². The van der Waals surface area contributed by atoms with Crippen molar-refractivity contribution in [3.05, 3.63) is 90.1 Å². The molecule has 33 heavy (non-hydrogen) atoms. The van der Waals surface area contributed by atoms with Crippen molar-refractivity contribution in [1.29, 1.82) is 0 Å². The van der Waals surface area contributed by atoms with Crippen LogP contribution in [0.1, 0.15) is 35.2 Å². The van der Waals surface area contributed by atoms with Gasteiger partial charge in [-0.15, -0.1) is 0 Å². The fourth-order valence-corrected chi connectivity index (χ4v) is 4.69. The first-order valence-corrected chi connectivity index (χ1v) is 11.0. The Labute approximate surface area is 190 Å². The summed E-state index contributed by atoms with van der Waals surface area (Å²) in [4.78, 5) is 16.7. The summed E-state index contributed by atoms with van der Waals surface area (Å²) in [6, 6.07) is 23.6. The van der Waals surface area contributed by atoms with Crippen LogP contribution in [0.2, 0.25) is 0 Å². The van der Waals surface area contributed by atoms with E-state index in [1.54, 1.807) is 16.6 Å². The van der Waals surface area contributed by atoms with E-state index in [0.29, 0.717) is 16.6 Å². The summed E-state index contributed by atoms with van der Waals surface area (Å²) in [5.74, 6) is -1.00. The molecule has 2 aromatic heterocycles. The number of nitrogens with two attached hydrogens (primary N) is 1. The van der Waals surface area contributed by atoms with Crippen molar-refractivity contribution >= 4 is 22.5 Å². The molecule has 1 aliphatic rings. The lowest BCUT2D eigenvalue weighted by molar-refractivity contribution is 0.0699. The number of carboxylic acid groups (broad SMARTS) is 1. The second kappa shape index (κ2) is 7.25. The number of benzene rings is 3. The molecule has 0 spiro atoms. The Hall–Kier alpha value is -4.03. The van der Waals surface area contributed by atoms with Crippen LogP contribution >= 0.6 is 0 Å². The molecule has 0 unspecified atom stereocenters. The standard InChI is InChI=1S/C27H22N4O2/c28-27(14-5-15-27)19-12-10-18(11-13-19)23-22(17-6-2-1-3-7-17)16-31-25(29-23)20-8-4-9-21(26(32)33)24(20)30-31/h1-4,6-13,16H,5,14-15,28H2,(H,32,33). The summed E-state index contributed by atoms with van der Waals surface area (Å²) < 4.78 is 1.68. The molecule has 3 aromatic carbocycles. The van der Waals surface area contributed by atoms with Crippen LogP contribution in [0.25, 0.3) is 38.9 Å². The van der Waals surface area contributed by atoms with E-state index in [1.807, 2.05) is 42.6 Å². The summed E-state index contributed by atoms with van der Waals surface area (Å²) in [6.07, 6.45) is 5.13. The molecule has 6 nitrogen and oxygen atoms in total. The number of rotatable bonds is 4. The van der Waals surface area contributed by atoms with Crippen LogP contribution in [0.5, 0.6) is 0 Å². The zero-order valence-electron chi connectivity index (χ0n) is 17.9. The van der Waals surface area contributed by atoms with E-state index < -0.39 is 5.97 Å². The predicted molar refractivity (Wildman–Crippen MR) is 128 cm³/mol. The number of hydrogen-bond donors (Lipinski definition) is 2. The molecule has 0 aliphatic heterocycles. The van der Waals surface area contributed by atoms with Crippen LogP contribution < -0.4 is 5.73 Å². The number of carbonyl (C=O) groups is 1. The monoisotopic (exact) mass is 434 g/mol. The Morgan fingerprint density at radius 1 is 0.939 bits per heavy atom. The van der Waals surface area contributed by atoms with Crippen LogP contribution in [0.15, 0.2) is 79.0 Å². The minimum atomic E-state index is -1.00. The van der Waals surface area contributed by atoms with Crippen molar-refractivity contribution in [2.45, 2.75) is 24.8 Å². The van der Waals surface area contributed by atoms with Crippen LogP contribution in [-0.4, -0.2) is 25.7 Å². The first kappa shape index (κ1) is 19.6. The number of aromatic nitrogens is 3. The summed E-state index contributed by atoms with van der Waals surface area (Å²) in [5.41, 5.74) is 12.4. The summed E-state index contributed by atoms with van der Waals surface area (Å²) in [7, 11) is 0. The van der Waals surface area contributed by atoms with E-state index in [0.717, 1.165) is 40.8 Å². The number of aromatic carboxylic acids is 1. The van der Waals surface area contributed by atoms with E-state index in [2.05, 4.69) is 29.4 Å². The highest BCUT2D eigenvalue weighted by Crippen LogP contribution is 2.40. The summed E-state index contributed by atoms with van der Waals surface area (Å²) in [5, 5.41) is 14.9. The van der Waals surface area contributed by atoms with Gasteiger partial charge in [0, 0.05) is 28.2 Å². The maximum Gasteiger partial charge on any atom is 0.337 e. The van der Waals surface area contributed by atoms with Crippen molar-refractivity contribution in [2.24, 2.45) is 5.73 Å². The molecule has 6 heteroatoms. The molecule has 162 valence electrons. The molecule has 2 heterocycles. The molecule has 1 aliphatic carbocycles. The Balaban J connectivity index is 1.59. The van der Waals surface area contributed by atoms with E-state index in [4.69, 9.17) is 10.7 Å². The topological polar surface area (TPSA) is 93.5 Å². The molecular formula is C27H22N4O2. The molecule has 0 saturated heterocycles. The first-order chi connectivity index (χ1) is 16.0.